The van der Waals surface area contributed by atoms with Gasteiger partial charge in [-0.05, 0) is 67.9 Å². The molecule has 11 heteroatoms. The van der Waals surface area contributed by atoms with Crippen molar-refractivity contribution in [3.63, 3.8) is 0 Å². The number of carbonyl (C=O) groups is 5. The van der Waals surface area contributed by atoms with E-state index in [0.29, 0.717) is 35.5 Å². The third-order valence-corrected chi connectivity index (χ3v) is 10.4. The number of hydrogen-bond acceptors (Lipinski definition) is 6. The minimum absolute atomic E-state index is 0.0190. The molecule has 2 aliphatic heterocycles. The van der Waals surface area contributed by atoms with Gasteiger partial charge in [-0.2, -0.15) is 0 Å². The van der Waals surface area contributed by atoms with Crippen LogP contribution in [-0.4, -0.2) is 83.0 Å². The Balaban J connectivity index is 1.34. The van der Waals surface area contributed by atoms with Crippen molar-refractivity contribution in [1.82, 2.24) is 20.1 Å². The van der Waals surface area contributed by atoms with Gasteiger partial charge in [0.15, 0.2) is 0 Å². The summed E-state index contributed by atoms with van der Waals surface area (Å²) < 4.78 is 5.48. The summed E-state index contributed by atoms with van der Waals surface area (Å²) in [5.41, 5.74) is 1.15. The maximum Gasteiger partial charge on any atom is 0.289 e. The second kappa shape index (κ2) is 13.4. The fourth-order valence-corrected chi connectivity index (χ4v) is 7.68. The molecule has 4 amide bonds. The number of fused-ring (bicyclic) bond motifs is 3. The van der Waals surface area contributed by atoms with Crippen molar-refractivity contribution < 1.29 is 28.7 Å². The molecule has 254 valence electrons. The number of Topliss-reactive ketones (excluding diaryl/α,β-unsaturated/α-hetero) is 1. The van der Waals surface area contributed by atoms with E-state index < -0.39 is 41.0 Å². The highest BCUT2D eigenvalue weighted by Gasteiger charge is 2.58. The van der Waals surface area contributed by atoms with Crippen LogP contribution in [0.15, 0.2) is 48.5 Å². The van der Waals surface area contributed by atoms with Crippen molar-refractivity contribution in [2.75, 3.05) is 26.0 Å². The number of methoxy groups -OCH3 is 1. The van der Waals surface area contributed by atoms with Gasteiger partial charge < -0.3 is 30.2 Å². The molecule has 2 aromatic carbocycles. The molecule has 3 aromatic rings. The number of anilines is 1. The number of nitrogens with zero attached hydrogens (tertiary/aromatic N) is 2. The minimum atomic E-state index is -1.20. The molecule has 48 heavy (non-hydrogen) atoms. The molecule has 3 heterocycles. The standard InChI is InChI=1S/C37H45N5O6/c1-22(2)17-18-29(41(3)34(45)28-19-24-26(39-28)15-10-16-31(24)48-4)35(46)42-21-37(25-13-8-9-14-27(25)40-36(37)47)20-30(42)32(43)33(44)38-23-11-6-5-7-12-23/h8-10,13-16,19,22-23,29-30,39H,5-7,11-12,17-18,20-21H2,1-4H3,(H,38,44)(H,40,47)/t29-,30-,37-/m0/s1. The van der Waals surface area contributed by atoms with Crippen LogP contribution in [0.1, 0.15) is 81.3 Å². The van der Waals surface area contributed by atoms with Gasteiger partial charge in [-0.1, -0.05) is 57.4 Å². The van der Waals surface area contributed by atoms with Crippen LogP contribution in [-0.2, 0) is 24.6 Å². The second-order valence-electron chi connectivity index (χ2n) is 13.9. The molecule has 1 aromatic heterocycles. The first-order valence-electron chi connectivity index (χ1n) is 17.0. The molecule has 2 fully saturated rings. The Morgan fingerprint density at radius 1 is 1.04 bits per heavy atom. The number of nitrogens with one attached hydrogen (secondary N) is 3. The number of benzene rings is 2. The van der Waals surface area contributed by atoms with Crippen molar-refractivity contribution in [1.29, 1.82) is 0 Å². The number of hydrogen-bond donors (Lipinski definition) is 3. The molecule has 11 nitrogen and oxygen atoms in total. The molecule has 6 rings (SSSR count). The van der Waals surface area contributed by atoms with Crippen LogP contribution in [0.3, 0.4) is 0 Å². The van der Waals surface area contributed by atoms with E-state index in [4.69, 9.17) is 4.74 Å². The number of carbonyl (C=O) groups excluding carboxylic acids is 5. The van der Waals surface area contributed by atoms with Gasteiger partial charge in [-0.25, -0.2) is 0 Å². The normalized spacial score (nSPS) is 21.3. The molecule has 0 radical (unpaired) electrons. The average molecular weight is 656 g/mol. The summed E-state index contributed by atoms with van der Waals surface area (Å²) >= 11 is 0. The third kappa shape index (κ3) is 6.06. The zero-order valence-electron chi connectivity index (χ0n) is 28.1. The van der Waals surface area contributed by atoms with Gasteiger partial charge >= 0.3 is 0 Å². The monoisotopic (exact) mass is 655 g/mol. The summed E-state index contributed by atoms with van der Waals surface area (Å²) in [5.74, 6) is -1.78. The van der Waals surface area contributed by atoms with E-state index in [1.807, 2.05) is 50.2 Å². The largest absolute Gasteiger partial charge is 0.496 e. The first kappa shape index (κ1) is 33.2. The lowest BCUT2D eigenvalue weighted by atomic mass is 9.79. The summed E-state index contributed by atoms with van der Waals surface area (Å²) in [5, 5.41) is 6.58. The predicted molar refractivity (Wildman–Crippen MR) is 182 cm³/mol. The number of ketones is 1. The Hall–Kier alpha value is -4.67. The smallest absolute Gasteiger partial charge is 0.289 e. The molecule has 1 spiro atoms. The molecule has 0 unspecified atom stereocenters. The molecule has 1 saturated heterocycles. The zero-order chi connectivity index (χ0) is 34.2. The van der Waals surface area contributed by atoms with Gasteiger partial charge in [0.2, 0.25) is 17.6 Å². The zero-order valence-corrected chi connectivity index (χ0v) is 28.1. The van der Waals surface area contributed by atoms with Crippen molar-refractivity contribution >= 4 is 46.0 Å². The fourth-order valence-electron chi connectivity index (χ4n) is 7.68. The van der Waals surface area contributed by atoms with Gasteiger partial charge in [0.25, 0.3) is 11.8 Å². The van der Waals surface area contributed by atoms with Crippen molar-refractivity contribution in [2.45, 2.75) is 88.8 Å². The molecule has 1 saturated carbocycles. The van der Waals surface area contributed by atoms with Gasteiger partial charge in [0.1, 0.15) is 23.5 Å². The van der Waals surface area contributed by atoms with Crippen LogP contribution in [0.25, 0.3) is 10.9 Å². The number of rotatable bonds is 10. The average Bonchev–Trinajstić information content (AvgIpc) is 3.78. The number of ether oxygens (including phenoxy) is 1. The Labute approximate surface area is 280 Å². The predicted octanol–water partition coefficient (Wildman–Crippen LogP) is 4.56. The lowest BCUT2D eigenvalue weighted by Crippen LogP contribution is -2.55. The summed E-state index contributed by atoms with van der Waals surface area (Å²) in [6.45, 7) is 4.01. The molecule has 3 aliphatic rings. The molecular formula is C37H45N5O6. The molecular weight excluding hydrogens is 610 g/mol. The van der Waals surface area contributed by atoms with Crippen LogP contribution in [0.2, 0.25) is 0 Å². The fraction of sp³-hybridized carbons (Fsp3) is 0.486. The first-order chi connectivity index (χ1) is 23.0. The number of amides is 4. The summed E-state index contributed by atoms with van der Waals surface area (Å²) in [6.07, 6.45) is 5.61. The Morgan fingerprint density at radius 2 is 1.79 bits per heavy atom. The van der Waals surface area contributed by atoms with E-state index in [1.165, 1.54) is 9.80 Å². The van der Waals surface area contributed by atoms with Crippen LogP contribution < -0.4 is 15.4 Å². The number of likely N-dealkylation sites (N-methyl/N-ethyl adjacent to an activating group) is 1. The van der Waals surface area contributed by atoms with E-state index in [0.717, 1.165) is 43.0 Å². The highest BCUT2D eigenvalue weighted by Crippen LogP contribution is 2.47. The maximum atomic E-state index is 14.8. The van der Waals surface area contributed by atoms with Crippen LogP contribution in [0.5, 0.6) is 5.75 Å². The molecule has 0 bridgehead atoms. The summed E-state index contributed by atoms with van der Waals surface area (Å²) in [6, 6.07) is 12.3. The van der Waals surface area contributed by atoms with E-state index in [2.05, 4.69) is 15.6 Å². The molecule has 1 aliphatic carbocycles. The topological polar surface area (TPSA) is 141 Å². The Bertz CT molecular complexity index is 1740. The van der Waals surface area contributed by atoms with Gasteiger partial charge in [0, 0.05) is 36.2 Å². The SMILES string of the molecule is COc1cccc2[nH]c(C(=O)N(C)[C@@H](CCC(C)C)C(=O)N3C[C@]4(C[C@H]3C(=O)C(=O)NC3CCCCC3)C(=O)Nc3ccccc34)cc12. The lowest BCUT2D eigenvalue weighted by Gasteiger charge is -2.33. The minimum Gasteiger partial charge on any atom is -0.496 e. The van der Waals surface area contributed by atoms with Crippen LogP contribution in [0, 0.1) is 5.92 Å². The number of H-pyrrole nitrogens is 1. The highest BCUT2D eigenvalue weighted by atomic mass is 16.5. The Morgan fingerprint density at radius 3 is 2.52 bits per heavy atom. The van der Waals surface area contributed by atoms with Crippen LogP contribution >= 0.6 is 0 Å². The van der Waals surface area contributed by atoms with Crippen molar-refractivity contribution in [2.24, 2.45) is 5.92 Å². The first-order valence-corrected chi connectivity index (χ1v) is 17.0. The number of likely N-dealkylation sites (tertiary alicyclic amines) is 1. The van der Waals surface area contributed by atoms with E-state index in [1.54, 1.807) is 26.3 Å². The second-order valence-corrected chi connectivity index (χ2v) is 13.9. The van der Waals surface area contributed by atoms with Gasteiger partial charge in [-0.15, -0.1) is 0 Å². The molecule has 3 atom stereocenters. The van der Waals surface area contributed by atoms with Crippen LogP contribution in [0.4, 0.5) is 5.69 Å². The van der Waals surface area contributed by atoms with Crippen molar-refractivity contribution in [3.05, 3.63) is 59.8 Å². The number of aromatic amines is 1. The molecule has 3 N–H and O–H groups in total. The summed E-state index contributed by atoms with van der Waals surface area (Å²) in [4.78, 5) is 76.0. The Kier molecular flexibility index (Phi) is 9.31. The van der Waals surface area contributed by atoms with E-state index in [9.17, 15) is 24.0 Å². The van der Waals surface area contributed by atoms with Gasteiger partial charge in [-0.3, -0.25) is 24.0 Å². The summed E-state index contributed by atoms with van der Waals surface area (Å²) in [7, 11) is 3.15. The third-order valence-electron chi connectivity index (χ3n) is 10.4. The maximum absolute atomic E-state index is 14.8. The van der Waals surface area contributed by atoms with Crippen molar-refractivity contribution in [3.8, 4) is 5.75 Å². The number of aromatic nitrogens is 1. The lowest BCUT2D eigenvalue weighted by molar-refractivity contribution is -0.146. The van der Waals surface area contributed by atoms with E-state index >= 15 is 0 Å². The van der Waals surface area contributed by atoms with E-state index in [-0.39, 0.29) is 30.8 Å². The number of para-hydroxylation sites is 1. The van der Waals surface area contributed by atoms with Gasteiger partial charge in [0.05, 0.1) is 12.5 Å². The quantitative estimate of drug-likeness (QED) is 0.274. The highest BCUT2D eigenvalue weighted by molar-refractivity contribution is 6.38.